The van der Waals surface area contributed by atoms with Gasteiger partial charge in [0.05, 0.1) is 6.42 Å². The van der Waals surface area contributed by atoms with Crippen molar-refractivity contribution in [2.45, 2.75) is 6.42 Å². The number of thiocarbonyl (C=S) groups is 1. The lowest BCUT2D eigenvalue weighted by atomic mass is 10.1. The van der Waals surface area contributed by atoms with Crippen LogP contribution in [0.2, 0.25) is 0 Å². The first kappa shape index (κ1) is 11.8. The average Bonchev–Trinajstić information content (AvgIpc) is 2.68. The molecule has 0 spiro atoms. The summed E-state index contributed by atoms with van der Waals surface area (Å²) in [5, 5.41) is 9.35. The van der Waals surface area contributed by atoms with Gasteiger partial charge in [0, 0.05) is 30.0 Å². The van der Waals surface area contributed by atoms with Crippen LogP contribution in [-0.4, -0.2) is 24.1 Å². The van der Waals surface area contributed by atoms with Crippen LogP contribution in [0.4, 0.5) is 11.4 Å². The number of hydrogen-bond acceptors (Lipinski definition) is 3. The molecule has 5 nitrogen and oxygen atoms in total. The van der Waals surface area contributed by atoms with Gasteiger partial charge in [-0.1, -0.05) is 6.07 Å². The lowest BCUT2D eigenvalue weighted by Crippen LogP contribution is -2.32. The molecule has 6 heteroatoms. The van der Waals surface area contributed by atoms with Crippen LogP contribution in [0.5, 0.6) is 0 Å². The maximum Gasteiger partial charge on any atom is 0.228 e. The summed E-state index contributed by atoms with van der Waals surface area (Å²) >= 11 is 5.12. The van der Waals surface area contributed by atoms with Crippen molar-refractivity contribution in [1.29, 1.82) is 0 Å². The molecule has 0 saturated carbocycles. The summed E-state index contributed by atoms with van der Waals surface area (Å²) in [7, 11) is 0. The van der Waals surface area contributed by atoms with Crippen LogP contribution in [0.3, 0.4) is 0 Å². The molecule has 5 N–H and O–H groups in total. The predicted molar refractivity (Wildman–Crippen MR) is 72.1 cm³/mol. The molecule has 17 heavy (non-hydrogen) atoms. The molecule has 1 aliphatic rings. The van der Waals surface area contributed by atoms with Crippen LogP contribution in [-0.2, 0) is 11.2 Å². The number of rotatable bonds is 3. The molecule has 0 aliphatic carbocycles. The molecule has 1 heterocycles. The first-order chi connectivity index (χ1) is 8.20. The number of carbonyl (C=O) groups is 1. The van der Waals surface area contributed by atoms with Crippen molar-refractivity contribution < 1.29 is 4.79 Å². The fourth-order valence-electron chi connectivity index (χ4n) is 1.72. The quantitative estimate of drug-likeness (QED) is 0.585. The lowest BCUT2D eigenvalue weighted by molar-refractivity contribution is -0.115. The second kappa shape index (κ2) is 5.11. The SMILES string of the molecule is NCCNC(=S)Nc1cccc2c1CC(=O)N2. The Morgan fingerprint density at radius 2 is 2.35 bits per heavy atom. The largest absolute Gasteiger partial charge is 0.361 e. The number of benzene rings is 1. The molecule has 0 radical (unpaired) electrons. The van der Waals surface area contributed by atoms with Gasteiger partial charge in [0.2, 0.25) is 5.91 Å². The van der Waals surface area contributed by atoms with Gasteiger partial charge in [0.25, 0.3) is 0 Å². The fourth-order valence-corrected chi connectivity index (χ4v) is 1.93. The Morgan fingerprint density at radius 3 is 3.12 bits per heavy atom. The maximum absolute atomic E-state index is 11.3. The van der Waals surface area contributed by atoms with Crippen molar-refractivity contribution in [3.63, 3.8) is 0 Å². The molecular formula is C11H14N4OS. The highest BCUT2D eigenvalue weighted by atomic mass is 32.1. The number of hydrogen-bond donors (Lipinski definition) is 4. The fraction of sp³-hybridized carbons (Fsp3) is 0.273. The number of anilines is 2. The van der Waals surface area contributed by atoms with Gasteiger partial charge in [-0.3, -0.25) is 4.79 Å². The summed E-state index contributed by atoms with van der Waals surface area (Å²) in [6.45, 7) is 1.15. The van der Waals surface area contributed by atoms with Gasteiger partial charge in [-0.25, -0.2) is 0 Å². The second-order valence-corrected chi connectivity index (χ2v) is 4.13. The van der Waals surface area contributed by atoms with Crippen LogP contribution >= 0.6 is 12.2 Å². The topological polar surface area (TPSA) is 79.2 Å². The van der Waals surface area contributed by atoms with E-state index < -0.39 is 0 Å². The standard InChI is InChI=1S/C11H14N4OS/c12-4-5-13-11(17)15-9-3-1-2-8-7(9)6-10(16)14-8/h1-3H,4-6,12H2,(H,14,16)(H2,13,15,17). The first-order valence-electron chi connectivity index (χ1n) is 5.37. The van der Waals surface area contributed by atoms with E-state index in [0.717, 1.165) is 16.9 Å². The number of nitrogens with one attached hydrogen (secondary N) is 3. The summed E-state index contributed by atoms with van der Waals surface area (Å²) in [6.07, 6.45) is 0.387. The van der Waals surface area contributed by atoms with Crippen molar-refractivity contribution in [3.8, 4) is 0 Å². The number of nitrogens with two attached hydrogens (primary N) is 1. The smallest absolute Gasteiger partial charge is 0.228 e. The van der Waals surface area contributed by atoms with E-state index >= 15 is 0 Å². The molecule has 2 rings (SSSR count). The molecule has 90 valence electrons. The van der Waals surface area contributed by atoms with Crippen molar-refractivity contribution in [2.75, 3.05) is 23.7 Å². The third-order valence-electron chi connectivity index (χ3n) is 2.47. The second-order valence-electron chi connectivity index (χ2n) is 3.73. The molecule has 0 atom stereocenters. The van der Waals surface area contributed by atoms with Crippen LogP contribution in [0.15, 0.2) is 18.2 Å². The molecule has 0 aromatic heterocycles. The Balaban J connectivity index is 2.10. The van der Waals surface area contributed by atoms with E-state index in [9.17, 15) is 4.79 Å². The molecule has 1 aromatic rings. The van der Waals surface area contributed by atoms with Crippen LogP contribution in [0.1, 0.15) is 5.56 Å². The maximum atomic E-state index is 11.3. The molecule has 0 bridgehead atoms. The minimum Gasteiger partial charge on any atom is -0.361 e. The molecule has 0 unspecified atom stereocenters. The third kappa shape index (κ3) is 2.72. The monoisotopic (exact) mass is 250 g/mol. The number of amides is 1. The summed E-state index contributed by atoms with van der Waals surface area (Å²) < 4.78 is 0. The van der Waals surface area contributed by atoms with Crippen molar-refractivity contribution in [1.82, 2.24) is 5.32 Å². The summed E-state index contributed by atoms with van der Waals surface area (Å²) in [5.41, 5.74) is 8.03. The third-order valence-corrected chi connectivity index (χ3v) is 2.71. The molecule has 1 aromatic carbocycles. The van der Waals surface area contributed by atoms with Gasteiger partial charge in [-0.05, 0) is 24.4 Å². The minimum atomic E-state index is 0.00934. The van der Waals surface area contributed by atoms with E-state index in [2.05, 4.69) is 16.0 Å². The summed E-state index contributed by atoms with van der Waals surface area (Å²) in [5.74, 6) is 0.00934. The van der Waals surface area contributed by atoms with Gasteiger partial charge in [0.1, 0.15) is 0 Å². The summed E-state index contributed by atoms with van der Waals surface area (Å²) in [4.78, 5) is 11.3. The molecule has 1 amide bonds. The van der Waals surface area contributed by atoms with Crippen LogP contribution in [0, 0.1) is 0 Å². The first-order valence-corrected chi connectivity index (χ1v) is 5.78. The molecule has 0 saturated heterocycles. The van der Waals surface area contributed by atoms with Crippen molar-refractivity contribution >= 4 is 34.6 Å². The Bertz CT molecular complexity index is 461. The Morgan fingerprint density at radius 1 is 1.53 bits per heavy atom. The Kier molecular flexibility index (Phi) is 3.55. The summed E-state index contributed by atoms with van der Waals surface area (Å²) in [6, 6.07) is 5.65. The van der Waals surface area contributed by atoms with Crippen LogP contribution < -0.4 is 21.7 Å². The number of fused-ring (bicyclic) bond motifs is 1. The zero-order valence-corrected chi connectivity index (χ0v) is 10.1. The van der Waals surface area contributed by atoms with E-state index in [-0.39, 0.29) is 5.91 Å². The van der Waals surface area contributed by atoms with Gasteiger partial charge in [-0.2, -0.15) is 0 Å². The zero-order chi connectivity index (χ0) is 12.3. The highest BCUT2D eigenvalue weighted by Gasteiger charge is 2.20. The van der Waals surface area contributed by atoms with Gasteiger partial charge in [-0.15, -0.1) is 0 Å². The highest BCUT2D eigenvalue weighted by Crippen LogP contribution is 2.29. The molecule has 1 aliphatic heterocycles. The molecule has 0 fully saturated rings. The van der Waals surface area contributed by atoms with Crippen molar-refractivity contribution in [3.05, 3.63) is 23.8 Å². The van der Waals surface area contributed by atoms with E-state index in [4.69, 9.17) is 18.0 Å². The van der Waals surface area contributed by atoms with Gasteiger partial charge >= 0.3 is 0 Å². The zero-order valence-electron chi connectivity index (χ0n) is 9.25. The van der Waals surface area contributed by atoms with E-state index in [0.29, 0.717) is 24.6 Å². The van der Waals surface area contributed by atoms with E-state index in [1.54, 1.807) is 0 Å². The van der Waals surface area contributed by atoms with Crippen molar-refractivity contribution in [2.24, 2.45) is 5.73 Å². The van der Waals surface area contributed by atoms with Gasteiger partial charge < -0.3 is 21.7 Å². The number of carbonyl (C=O) groups excluding carboxylic acids is 1. The van der Waals surface area contributed by atoms with E-state index in [1.165, 1.54) is 0 Å². The lowest BCUT2D eigenvalue weighted by Gasteiger charge is -2.12. The minimum absolute atomic E-state index is 0.00934. The predicted octanol–water partition coefficient (Wildman–Crippen LogP) is 0.426. The average molecular weight is 250 g/mol. The normalized spacial score (nSPS) is 12.9. The highest BCUT2D eigenvalue weighted by molar-refractivity contribution is 7.80. The Labute approximate surface area is 105 Å². The van der Waals surface area contributed by atoms with Crippen LogP contribution in [0.25, 0.3) is 0 Å². The van der Waals surface area contributed by atoms with Gasteiger partial charge in [0.15, 0.2) is 5.11 Å². The molecular weight excluding hydrogens is 236 g/mol. The Hall–Kier alpha value is -1.66. The van der Waals surface area contributed by atoms with E-state index in [1.807, 2.05) is 18.2 Å².